The molecule has 1 saturated heterocycles. The molecule has 36 heavy (non-hydrogen) atoms. The van der Waals surface area contributed by atoms with Gasteiger partial charge in [-0.3, -0.25) is 14.9 Å². The summed E-state index contributed by atoms with van der Waals surface area (Å²) in [7, 11) is 1.49. The third-order valence-corrected chi connectivity index (χ3v) is 5.46. The fraction of sp³-hybridized carbons (Fsp3) is 0.107. The summed E-state index contributed by atoms with van der Waals surface area (Å²) in [6.45, 7) is 4.11. The van der Waals surface area contributed by atoms with Crippen molar-refractivity contribution in [2.45, 2.75) is 13.0 Å². The van der Waals surface area contributed by atoms with E-state index in [0.717, 1.165) is 28.2 Å². The van der Waals surface area contributed by atoms with E-state index in [1.807, 2.05) is 30.3 Å². The van der Waals surface area contributed by atoms with Gasteiger partial charge in [0.1, 0.15) is 18.0 Å². The van der Waals surface area contributed by atoms with Crippen LogP contribution < -0.4 is 19.7 Å². The Bertz CT molecular complexity index is 1350. The molecule has 3 aromatic carbocycles. The van der Waals surface area contributed by atoms with E-state index in [9.17, 15) is 18.8 Å². The molecule has 4 rings (SSSR count). The fourth-order valence-corrected chi connectivity index (χ4v) is 3.77. The molecular weight excluding hydrogens is 463 g/mol. The average molecular weight is 486 g/mol. The number of halogens is 1. The number of allylic oxidation sites excluding steroid dienone is 1. The number of urea groups is 1. The first kappa shape index (κ1) is 24.4. The van der Waals surface area contributed by atoms with Gasteiger partial charge < -0.3 is 9.47 Å². The van der Waals surface area contributed by atoms with Crippen LogP contribution in [0.1, 0.15) is 16.7 Å². The Hall–Kier alpha value is -4.72. The number of amides is 4. The minimum Gasteiger partial charge on any atom is -0.493 e. The third kappa shape index (κ3) is 5.17. The van der Waals surface area contributed by atoms with E-state index in [4.69, 9.17) is 9.47 Å². The maximum Gasteiger partial charge on any atom is 0.335 e. The van der Waals surface area contributed by atoms with Crippen molar-refractivity contribution in [3.05, 3.63) is 107 Å². The van der Waals surface area contributed by atoms with Crippen molar-refractivity contribution in [2.75, 3.05) is 12.0 Å². The van der Waals surface area contributed by atoms with Gasteiger partial charge in [0.15, 0.2) is 11.5 Å². The molecule has 1 aliphatic rings. The molecule has 4 amide bonds. The van der Waals surface area contributed by atoms with Crippen molar-refractivity contribution in [1.29, 1.82) is 0 Å². The van der Waals surface area contributed by atoms with Gasteiger partial charge in [-0.2, -0.15) is 0 Å². The van der Waals surface area contributed by atoms with Crippen molar-refractivity contribution in [3.8, 4) is 11.5 Å². The molecule has 182 valence electrons. The van der Waals surface area contributed by atoms with Crippen molar-refractivity contribution >= 4 is 29.6 Å². The van der Waals surface area contributed by atoms with Crippen LogP contribution in [-0.2, 0) is 22.6 Å². The minimum atomic E-state index is -0.914. The van der Waals surface area contributed by atoms with E-state index in [1.54, 1.807) is 18.2 Å². The lowest BCUT2D eigenvalue weighted by Gasteiger charge is -2.26. The molecule has 7 nitrogen and oxygen atoms in total. The van der Waals surface area contributed by atoms with Gasteiger partial charge in [-0.15, -0.1) is 6.58 Å². The van der Waals surface area contributed by atoms with E-state index in [1.165, 1.54) is 25.3 Å². The van der Waals surface area contributed by atoms with Crippen LogP contribution >= 0.6 is 0 Å². The first-order valence-corrected chi connectivity index (χ1v) is 11.1. The molecule has 1 N–H and O–H groups in total. The molecule has 0 unspecified atom stereocenters. The number of nitrogens with one attached hydrogen (secondary N) is 1. The SMILES string of the molecule is C=CCc1cc(/C=C2\C(=O)NC(=O)N(c3ccc(F)cc3)C2=O)cc(OC)c1OCc1ccccc1. The van der Waals surface area contributed by atoms with Gasteiger partial charge in [-0.05, 0) is 60.0 Å². The number of ether oxygens (including phenoxy) is 2. The molecule has 0 aromatic heterocycles. The standard InChI is InChI=1S/C28H23FN2O5/c1-3-7-20-14-19(16-24(35-2)25(20)36-17-18-8-5-4-6-9-18)15-23-26(32)30-28(34)31(27(23)33)22-12-10-21(29)11-13-22/h3-6,8-16H,1,7,17H2,2H3,(H,30,32,34)/b23-15+. The van der Waals surface area contributed by atoms with Crippen LogP contribution in [0.4, 0.5) is 14.9 Å². The highest BCUT2D eigenvalue weighted by Crippen LogP contribution is 2.35. The number of hydrogen-bond acceptors (Lipinski definition) is 5. The van der Waals surface area contributed by atoms with Crippen LogP contribution in [0, 0.1) is 5.82 Å². The summed E-state index contributed by atoms with van der Waals surface area (Å²) in [5.41, 5.74) is 2.07. The smallest absolute Gasteiger partial charge is 0.335 e. The second-order valence-corrected chi connectivity index (χ2v) is 7.91. The first-order valence-electron chi connectivity index (χ1n) is 11.1. The number of carbonyl (C=O) groups excluding carboxylic acids is 3. The Morgan fingerprint density at radius 2 is 1.75 bits per heavy atom. The maximum atomic E-state index is 13.3. The number of methoxy groups -OCH3 is 1. The maximum absolute atomic E-state index is 13.3. The summed E-state index contributed by atoms with van der Waals surface area (Å²) in [5.74, 6) is -1.26. The van der Waals surface area contributed by atoms with Crippen molar-refractivity contribution < 1.29 is 28.2 Å². The molecule has 1 heterocycles. The molecule has 0 atom stereocenters. The predicted octanol–water partition coefficient (Wildman–Crippen LogP) is 4.81. The van der Waals surface area contributed by atoms with Crippen molar-refractivity contribution in [1.82, 2.24) is 5.32 Å². The summed E-state index contributed by atoms with van der Waals surface area (Å²) in [6, 6.07) is 16.9. The Morgan fingerprint density at radius 3 is 2.42 bits per heavy atom. The van der Waals surface area contributed by atoms with Crippen LogP contribution in [0.3, 0.4) is 0 Å². The normalized spacial score (nSPS) is 14.6. The van der Waals surface area contributed by atoms with Crippen LogP contribution in [-0.4, -0.2) is 25.0 Å². The molecule has 0 spiro atoms. The Kier molecular flexibility index (Phi) is 7.25. The zero-order chi connectivity index (χ0) is 25.7. The molecule has 3 aromatic rings. The Labute approximate surface area is 207 Å². The van der Waals surface area contributed by atoms with E-state index in [2.05, 4.69) is 11.9 Å². The minimum absolute atomic E-state index is 0.131. The zero-order valence-corrected chi connectivity index (χ0v) is 19.5. The van der Waals surface area contributed by atoms with Crippen LogP contribution in [0.2, 0.25) is 0 Å². The number of imide groups is 2. The molecule has 0 radical (unpaired) electrons. The fourth-order valence-electron chi connectivity index (χ4n) is 3.77. The lowest BCUT2D eigenvalue weighted by molar-refractivity contribution is -0.122. The van der Waals surface area contributed by atoms with Gasteiger partial charge in [0.2, 0.25) is 0 Å². The average Bonchev–Trinajstić information content (AvgIpc) is 2.87. The first-order chi connectivity index (χ1) is 17.4. The molecule has 1 fully saturated rings. The van der Waals surface area contributed by atoms with Gasteiger partial charge >= 0.3 is 6.03 Å². The van der Waals surface area contributed by atoms with Crippen LogP contribution in [0.5, 0.6) is 11.5 Å². The number of anilines is 1. The van der Waals surface area contributed by atoms with Gasteiger partial charge in [0.05, 0.1) is 12.8 Å². The number of nitrogens with zero attached hydrogens (tertiary/aromatic N) is 1. The van der Waals surface area contributed by atoms with E-state index in [0.29, 0.717) is 30.1 Å². The summed E-state index contributed by atoms with van der Waals surface area (Å²) in [5, 5.41) is 2.15. The Balaban J connectivity index is 1.70. The second-order valence-electron chi connectivity index (χ2n) is 7.91. The topological polar surface area (TPSA) is 84.9 Å². The predicted molar refractivity (Wildman–Crippen MR) is 133 cm³/mol. The monoisotopic (exact) mass is 486 g/mol. The quantitative estimate of drug-likeness (QED) is 0.281. The van der Waals surface area contributed by atoms with E-state index < -0.39 is 23.7 Å². The summed E-state index contributed by atoms with van der Waals surface area (Å²) < 4.78 is 24.9. The van der Waals surface area contributed by atoms with Crippen LogP contribution in [0.25, 0.3) is 6.08 Å². The third-order valence-electron chi connectivity index (χ3n) is 5.46. The number of barbiturate groups is 1. The largest absolute Gasteiger partial charge is 0.493 e. The van der Waals surface area contributed by atoms with Gasteiger partial charge in [-0.1, -0.05) is 36.4 Å². The van der Waals surface area contributed by atoms with Gasteiger partial charge in [0.25, 0.3) is 11.8 Å². The van der Waals surface area contributed by atoms with Crippen LogP contribution in [0.15, 0.2) is 85.0 Å². The van der Waals surface area contributed by atoms with Crippen molar-refractivity contribution in [2.24, 2.45) is 0 Å². The van der Waals surface area contributed by atoms with E-state index >= 15 is 0 Å². The molecule has 8 heteroatoms. The number of rotatable bonds is 8. The zero-order valence-electron chi connectivity index (χ0n) is 19.5. The summed E-state index contributed by atoms with van der Waals surface area (Å²) in [6.07, 6.45) is 3.52. The molecular formula is C28H23FN2O5. The highest BCUT2D eigenvalue weighted by Gasteiger charge is 2.36. The van der Waals surface area contributed by atoms with Gasteiger partial charge in [0, 0.05) is 5.56 Å². The van der Waals surface area contributed by atoms with E-state index in [-0.39, 0.29) is 11.3 Å². The molecule has 0 saturated carbocycles. The second kappa shape index (κ2) is 10.7. The molecule has 1 aliphatic heterocycles. The lowest BCUT2D eigenvalue weighted by Crippen LogP contribution is -2.54. The molecule has 0 bridgehead atoms. The number of benzene rings is 3. The summed E-state index contributed by atoms with van der Waals surface area (Å²) >= 11 is 0. The Morgan fingerprint density at radius 1 is 1.03 bits per heavy atom. The van der Waals surface area contributed by atoms with Crippen molar-refractivity contribution in [3.63, 3.8) is 0 Å². The van der Waals surface area contributed by atoms with Gasteiger partial charge in [-0.25, -0.2) is 14.1 Å². The summed E-state index contributed by atoms with van der Waals surface area (Å²) in [4.78, 5) is 38.9. The highest BCUT2D eigenvalue weighted by atomic mass is 19.1. The number of hydrogen-bond donors (Lipinski definition) is 1. The lowest BCUT2D eigenvalue weighted by atomic mass is 10.0. The number of carbonyl (C=O) groups is 3. The molecule has 0 aliphatic carbocycles. The highest BCUT2D eigenvalue weighted by molar-refractivity contribution is 6.39.